The van der Waals surface area contributed by atoms with E-state index in [0.29, 0.717) is 23.9 Å². The van der Waals surface area contributed by atoms with Gasteiger partial charge in [-0.2, -0.15) is 0 Å². The summed E-state index contributed by atoms with van der Waals surface area (Å²) in [6, 6.07) is 6.74. The van der Waals surface area contributed by atoms with Crippen LogP contribution < -0.4 is 10.6 Å². The highest BCUT2D eigenvalue weighted by Gasteiger charge is 2.24. The van der Waals surface area contributed by atoms with E-state index in [1.54, 1.807) is 24.3 Å². The van der Waals surface area contributed by atoms with Gasteiger partial charge in [0.05, 0.1) is 17.0 Å². The molecular formula is C19H33N3O3S. The largest absolute Gasteiger partial charge is 0.388 e. The molecule has 0 aliphatic carbocycles. The lowest BCUT2D eigenvalue weighted by Gasteiger charge is -2.28. The van der Waals surface area contributed by atoms with E-state index in [2.05, 4.69) is 29.5 Å². The Balaban J connectivity index is 2.76. The number of aliphatic hydroxyl groups is 1. The average Bonchev–Trinajstić information content (AvgIpc) is 2.57. The second kappa shape index (κ2) is 10.5. The van der Waals surface area contributed by atoms with Gasteiger partial charge >= 0.3 is 0 Å². The van der Waals surface area contributed by atoms with Gasteiger partial charge in [0.1, 0.15) is 0 Å². The number of benzene rings is 1. The number of aliphatic imine (C=N–C) groups is 1. The fourth-order valence-electron chi connectivity index (χ4n) is 2.83. The standard InChI is InChI=1S/C19H33N3O3S/c1-5-12-19(23,13-6-2)15-22-18(20-7-3)21-14-16-8-10-17(11-9-16)26(4,24)25/h8-11,23H,5-7,12-15H2,1-4H3,(H2,20,21,22). The van der Waals surface area contributed by atoms with Gasteiger partial charge in [0.15, 0.2) is 15.8 Å². The van der Waals surface area contributed by atoms with E-state index in [0.717, 1.165) is 37.8 Å². The molecule has 0 saturated heterocycles. The summed E-state index contributed by atoms with van der Waals surface area (Å²) in [4.78, 5) is 4.84. The summed E-state index contributed by atoms with van der Waals surface area (Å²) in [6.45, 7) is 7.73. The maximum atomic E-state index is 11.5. The maximum absolute atomic E-state index is 11.5. The second-order valence-corrected chi connectivity index (χ2v) is 8.70. The predicted molar refractivity (Wildman–Crippen MR) is 107 cm³/mol. The monoisotopic (exact) mass is 383 g/mol. The van der Waals surface area contributed by atoms with Crippen LogP contribution in [0.25, 0.3) is 0 Å². The smallest absolute Gasteiger partial charge is 0.191 e. The summed E-state index contributed by atoms with van der Waals surface area (Å²) < 4.78 is 23.0. The number of nitrogens with zero attached hydrogens (tertiary/aromatic N) is 1. The van der Waals surface area contributed by atoms with Crippen molar-refractivity contribution in [3.8, 4) is 0 Å². The van der Waals surface area contributed by atoms with E-state index in [9.17, 15) is 13.5 Å². The Morgan fingerprint density at radius 2 is 1.65 bits per heavy atom. The molecule has 0 aliphatic heterocycles. The topological polar surface area (TPSA) is 90.8 Å². The van der Waals surface area contributed by atoms with Crippen molar-refractivity contribution in [3.63, 3.8) is 0 Å². The molecule has 0 heterocycles. The Hall–Kier alpha value is -1.60. The molecule has 1 aromatic carbocycles. The zero-order valence-corrected chi connectivity index (χ0v) is 17.2. The van der Waals surface area contributed by atoms with Crippen LogP contribution >= 0.6 is 0 Å². The summed E-state index contributed by atoms with van der Waals surface area (Å²) in [5, 5.41) is 17.1. The van der Waals surface area contributed by atoms with Gasteiger partial charge in [-0.25, -0.2) is 13.4 Å². The van der Waals surface area contributed by atoms with Crippen LogP contribution in [0.3, 0.4) is 0 Å². The van der Waals surface area contributed by atoms with Crippen LogP contribution in [0.5, 0.6) is 0 Å². The van der Waals surface area contributed by atoms with Gasteiger partial charge in [0.2, 0.25) is 0 Å². The average molecular weight is 384 g/mol. The van der Waals surface area contributed by atoms with E-state index in [1.807, 2.05) is 6.92 Å². The van der Waals surface area contributed by atoms with E-state index < -0.39 is 15.4 Å². The van der Waals surface area contributed by atoms with Crippen molar-refractivity contribution in [2.75, 3.05) is 19.3 Å². The van der Waals surface area contributed by atoms with E-state index >= 15 is 0 Å². The first-order chi connectivity index (χ1) is 12.2. The van der Waals surface area contributed by atoms with Gasteiger partial charge in [-0.15, -0.1) is 0 Å². The van der Waals surface area contributed by atoms with Crippen LogP contribution in [0, 0.1) is 0 Å². The Labute approximate surface area is 158 Å². The number of sulfone groups is 1. The summed E-state index contributed by atoms with van der Waals surface area (Å²) in [5.41, 5.74) is 0.198. The summed E-state index contributed by atoms with van der Waals surface area (Å²) in [5.74, 6) is 0.644. The minimum atomic E-state index is -3.18. The maximum Gasteiger partial charge on any atom is 0.191 e. The van der Waals surface area contributed by atoms with E-state index in [1.165, 1.54) is 6.26 Å². The Morgan fingerprint density at radius 1 is 1.08 bits per heavy atom. The quantitative estimate of drug-likeness (QED) is 0.426. The lowest BCUT2D eigenvalue weighted by atomic mass is 9.93. The molecule has 0 aromatic heterocycles. The van der Waals surface area contributed by atoms with Gasteiger partial charge in [-0.05, 0) is 37.5 Å². The molecular weight excluding hydrogens is 350 g/mol. The normalized spacial score (nSPS) is 12.9. The molecule has 6 nitrogen and oxygen atoms in total. The SMILES string of the molecule is CCCC(O)(CCC)CNC(=NCc1ccc(S(C)(=O)=O)cc1)NCC. The van der Waals surface area contributed by atoms with Crippen LogP contribution in [-0.2, 0) is 16.4 Å². The molecule has 0 amide bonds. The molecule has 148 valence electrons. The number of guanidine groups is 1. The summed E-state index contributed by atoms with van der Waals surface area (Å²) in [6.07, 6.45) is 4.55. The number of nitrogens with one attached hydrogen (secondary N) is 2. The third-order valence-corrected chi connectivity index (χ3v) is 5.26. The molecule has 1 aromatic rings. The number of rotatable bonds is 10. The molecule has 0 spiro atoms. The minimum absolute atomic E-state index is 0.305. The van der Waals surface area contributed by atoms with Gasteiger partial charge in [0.25, 0.3) is 0 Å². The fraction of sp³-hybridized carbons (Fsp3) is 0.632. The fourth-order valence-corrected chi connectivity index (χ4v) is 3.47. The molecule has 0 unspecified atom stereocenters. The zero-order chi connectivity index (χ0) is 19.6. The Morgan fingerprint density at radius 3 is 2.12 bits per heavy atom. The summed E-state index contributed by atoms with van der Waals surface area (Å²) >= 11 is 0. The van der Waals surface area contributed by atoms with Crippen molar-refractivity contribution >= 4 is 15.8 Å². The van der Waals surface area contributed by atoms with E-state index in [4.69, 9.17) is 0 Å². The molecule has 0 bridgehead atoms. The highest BCUT2D eigenvalue weighted by atomic mass is 32.2. The third-order valence-electron chi connectivity index (χ3n) is 4.13. The van der Waals surface area contributed by atoms with Crippen molar-refractivity contribution in [2.45, 2.75) is 63.5 Å². The predicted octanol–water partition coefficient (Wildman–Crippen LogP) is 2.48. The Bertz CT molecular complexity index is 664. The molecule has 3 N–H and O–H groups in total. The second-order valence-electron chi connectivity index (χ2n) is 6.69. The molecule has 1 rings (SSSR count). The molecule has 7 heteroatoms. The summed E-state index contributed by atoms with van der Waals surface area (Å²) in [7, 11) is -3.18. The molecule has 26 heavy (non-hydrogen) atoms. The zero-order valence-electron chi connectivity index (χ0n) is 16.4. The highest BCUT2D eigenvalue weighted by molar-refractivity contribution is 7.90. The van der Waals surface area contributed by atoms with Gasteiger partial charge in [0, 0.05) is 19.3 Å². The molecule has 0 fully saturated rings. The first-order valence-corrected chi connectivity index (χ1v) is 11.2. The van der Waals surface area contributed by atoms with Crippen LogP contribution in [-0.4, -0.2) is 44.4 Å². The third kappa shape index (κ3) is 7.74. The Kier molecular flexibility index (Phi) is 9.08. The first kappa shape index (κ1) is 22.4. The molecule has 0 atom stereocenters. The molecule has 0 saturated carbocycles. The van der Waals surface area contributed by atoms with Crippen LogP contribution in [0.15, 0.2) is 34.2 Å². The van der Waals surface area contributed by atoms with Crippen molar-refractivity contribution in [3.05, 3.63) is 29.8 Å². The first-order valence-electron chi connectivity index (χ1n) is 9.27. The van der Waals surface area contributed by atoms with Crippen LogP contribution in [0.4, 0.5) is 0 Å². The van der Waals surface area contributed by atoms with Gasteiger partial charge in [-0.3, -0.25) is 0 Å². The number of hydrogen-bond donors (Lipinski definition) is 3. The van der Waals surface area contributed by atoms with Crippen LogP contribution in [0.1, 0.15) is 52.0 Å². The van der Waals surface area contributed by atoms with Gasteiger partial charge < -0.3 is 15.7 Å². The van der Waals surface area contributed by atoms with Gasteiger partial charge in [-0.1, -0.05) is 38.8 Å². The van der Waals surface area contributed by atoms with Crippen molar-refractivity contribution in [1.29, 1.82) is 0 Å². The highest BCUT2D eigenvalue weighted by Crippen LogP contribution is 2.18. The van der Waals surface area contributed by atoms with Crippen molar-refractivity contribution < 1.29 is 13.5 Å². The lowest BCUT2D eigenvalue weighted by Crippen LogP contribution is -2.47. The number of hydrogen-bond acceptors (Lipinski definition) is 4. The van der Waals surface area contributed by atoms with Crippen molar-refractivity contribution in [2.24, 2.45) is 4.99 Å². The minimum Gasteiger partial charge on any atom is -0.388 e. The van der Waals surface area contributed by atoms with Crippen LogP contribution in [0.2, 0.25) is 0 Å². The lowest BCUT2D eigenvalue weighted by molar-refractivity contribution is 0.0257. The molecule has 0 aliphatic rings. The molecule has 0 radical (unpaired) electrons. The van der Waals surface area contributed by atoms with Crippen molar-refractivity contribution in [1.82, 2.24) is 10.6 Å². The van der Waals surface area contributed by atoms with E-state index in [-0.39, 0.29) is 0 Å².